The Hall–Kier alpha value is -0.480. The van der Waals surface area contributed by atoms with E-state index < -0.39 is 12.0 Å². The van der Waals surface area contributed by atoms with Crippen molar-refractivity contribution in [2.45, 2.75) is 18.9 Å². The fraction of sp³-hybridized carbons (Fsp3) is 0.667. The number of nitrogens with one attached hydrogen (secondary N) is 1. The van der Waals surface area contributed by atoms with Crippen LogP contribution >= 0.6 is 11.8 Å². The summed E-state index contributed by atoms with van der Waals surface area (Å²) in [5, 5.41) is 11.7. The molecule has 0 aromatic heterocycles. The lowest BCUT2D eigenvalue weighted by Crippen LogP contribution is -2.36. The van der Waals surface area contributed by atoms with Gasteiger partial charge in [-0.25, -0.2) is 0 Å². The maximum Gasteiger partial charge on any atom is 0.320 e. The summed E-state index contributed by atoms with van der Waals surface area (Å²) < 4.78 is 0. The average Bonchev–Trinajstić information content (AvgIpc) is 2.10. The Morgan fingerprint density at radius 3 is 2.92 bits per heavy atom. The maximum absolute atomic E-state index is 10.7. The minimum atomic E-state index is -0.775. The zero-order chi connectivity index (χ0) is 10.1. The summed E-state index contributed by atoms with van der Waals surface area (Å²) >= 11 is 1.74. The second-order valence-electron chi connectivity index (χ2n) is 2.72. The highest BCUT2D eigenvalue weighted by Crippen LogP contribution is 2.03. The Bertz CT molecular complexity index is 162. The highest BCUT2D eigenvalue weighted by Gasteiger charge is 2.14. The van der Waals surface area contributed by atoms with Crippen LogP contribution in [0.2, 0.25) is 0 Å². The molecule has 0 saturated heterocycles. The first kappa shape index (κ1) is 12.5. The molecule has 0 bridgehead atoms. The SMILES string of the molecule is C=CCNC(CCCSC)C(=O)O. The highest BCUT2D eigenvalue weighted by molar-refractivity contribution is 7.98. The highest BCUT2D eigenvalue weighted by atomic mass is 32.2. The number of carboxylic acid groups (broad SMARTS) is 1. The summed E-state index contributed by atoms with van der Waals surface area (Å²) in [6.45, 7) is 4.08. The Morgan fingerprint density at radius 1 is 1.77 bits per heavy atom. The van der Waals surface area contributed by atoms with E-state index in [0.29, 0.717) is 13.0 Å². The topological polar surface area (TPSA) is 49.3 Å². The molecule has 0 rings (SSSR count). The summed E-state index contributed by atoms with van der Waals surface area (Å²) in [7, 11) is 0. The molecule has 13 heavy (non-hydrogen) atoms. The number of thioether (sulfide) groups is 1. The van der Waals surface area contributed by atoms with Crippen LogP contribution in [0, 0.1) is 0 Å². The lowest BCUT2D eigenvalue weighted by Gasteiger charge is -2.12. The number of hydrogen-bond donors (Lipinski definition) is 2. The monoisotopic (exact) mass is 203 g/mol. The predicted octanol–water partition coefficient (Wildman–Crippen LogP) is 1.36. The fourth-order valence-electron chi connectivity index (χ4n) is 0.970. The molecule has 76 valence electrons. The summed E-state index contributed by atoms with van der Waals surface area (Å²) in [4.78, 5) is 10.7. The molecule has 1 unspecified atom stereocenters. The van der Waals surface area contributed by atoms with Gasteiger partial charge >= 0.3 is 5.97 Å². The van der Waals surface area contributed by atoms with Crippen molar-refractivity contribution in [3.8, 4) is 0 Å². The van der Waals surface area contributed by atoms with Crippen LogP contribution in [0.3, 0.4) is 0 Å². The van der Waals surface area contributed by atoms with Crippen LogP contribution in [0.4, 0.5) is 0 Å². The molecule has 0 spiro atoms. The van der Waals surface area contributed by atoms with E-state index in [1.165, 1.54) is 0 Å². The predicted molar refractivity (Wildman–Crippen MR) is 57.2 cm³/mol. The molecule has 0 aliphatic heterocycles. The summed E-state index contributed by atoms with van der Waals surface area (Å²) in [6, 6.07) is -0.426. The smallest absolute Gasteiger partial charge is 0.320 e. The van der Waals surface area contributed by atoms with Crippen molar-refractivity contribution in [3.05, 3.63) is 12.7 Å². The first-order valence-electron chi connectivity index (χ1n) is 4.28. The minimum Gasteiger partial charge on any atom is -0.480 e. The summed E-state index contributed by atoms with van der Waals surface area (Å²) in [5.74, 6) is 0.238. The number of carbonyl (C=O) groups is 1. The Labute approximate surface area is 83.6 Å². The van der Waals surface area contributed by atoms with Crippen LogP contribution in [0.5, 0.6) is 0 Å². The van der Waals surface area contributed by atoms with E-state index >= 15 is 0 Å². The van der Waals surface area contributed by atoms with Gasteiger partial charge in [-0.2, -0.15) is 11.8 Å². The van der Waals surface area contributed by atoms with E-state index in [-0.39, 0.29) is 0 Å². The largest absolute Gasteiger partial charge is 0.480 e. The number of rotatable bonds is 8. The second-order valence-corrected chi connectivity index (χ2v) is 3.71. The van der Waals surface area contributed by atoms with Crippen LogP contribution < -0.4 is 5.32 Å². The van der Waals surface area contributed by atoms with Crippen LogP contribution in [0.25, 0.3) is 0 Å². The van der Waals surface area contributed by atoms with Crippen LogP contribution in [-0.2, 0) is 4.79 Å². The number of hydrogen-bond acceptors (Lipinski definition) is 3. The van der Waals surface area contributed by atoms with Crippen molar-refractivity contribution in [2.24, 2.45) is 0 Å². The van der Waals surface area contributed by atoms with Crippen molar-refractivity contribution in [1.29, 1.82) is 0 Å². The summed E-state index contributed by atoms with van der Waals surface area (Å²) in [5.41, 5.74) is 0. The van der Waals surface area contributed by atoms with Gasteiger partial charge in [-0.3, -0.25) is 4.79 Å². The van der Waals surface area contributed by atoms with Crippen LogP contribution in [0.15, 0.2) is 12.7 Å². The van der Waals surface area contributed by atoms with Crippen molar-refractivity contribution in [1.82, 2.24) is 5.32 Å². The van der Waals surface area contributed by atoms with E-state index in [4.69, 9.17) is 5.11 Å². The lowest BCUT2D eigenvalue weighted by molar-refractivity contribution is -0.139. The third-order valence-corrected chi connectivity index (χ3v) is 2.34. The van der Waals surface area contributed by atoms with Gasteiger partial charge in [-0.05, 0) is 24.9 Å². The molecule has 0 aromatic carbocycles. The molecule has 0 fully saturated rings. The zero-order valence-electron chi connectivity index (χ0n) is 7.95. The van der Waals surface area contributed by atoms with Crippen molar-refractivity contribution >= 4 is 17.7 Å². The molecular formula is C9H17NO2S. The molecule has 0 amide bonds. The average molecular weight is 203 g/mol. The third-order valence-electron chi connectivity index (χ3n) is 1.65. The van der Waals surface area contributed by atoms with Gasteiger partial charge in [0.05, 0.1) is 0 Å². The van der Waals surface area contributed by atoms with Gasteiger partial charge in [0.2, 0.25) is 0 Å². The van der Waals surface area contributed by atoms with Crippen molar-refractivity contribution < 1.29 is 9.90 Å². The first-order chi connectivity index (χ1) is 6.22. The van der Waals surface area contributed by atoms with Crippen LogP contribution in [-0.4, -0.2) is 35.7 Å². The molecular weight excluding hydrogens is 186 g/mol. The Morgan fingerprint density at radius 2 is 2.46 bits per heavy atom. The molecule has 0 aromatic rings. The van der Waals surface area contributed by atoms with E-state index in [2.05, 4.69) is 11.9 Å². The van der Waals surface area contributed by atoms with Gasteiger partial charge in [0.1, 0.15) is 6.04 Å². The van der Waals surface area contributed by atoms with Gasteiger partial charge < -0.3 is 10.4 Å². The fourth-order valence-corrected chi connectivity index (χ4v) is 1.43. The van der Waals surface area contributed by atoms with Crippen molar-refractivity contribution in [3.63, 3.8) is 0 Å². The Kier molecular flexibility index (Phi) is 7.83. The minimum absolute atomic E-state index is 0.426. The van der Waals surface area contributed by atoms with Gasteiger partial charge in [0.25, 0.3) is 0 Å². The molecule has 0 aliphatic rings. The van der Waals surface area contributed by atoms with E-state index in [1.54, 1.807) is 17.8 Å². The number of aliphatic carboxylic acids is 1. The quantitative estimate of drug-likeness (QED) is 0.462. The molecule has 0 aliphatic carbocycles. The molecule has 4 heteroatoms. The van der Waals surface area contributed by atoms with Gasteiger partial charge in [0, 0.05) is 6.54 Å². The molecule has 2 N–H and O–H groups in total. The van der Waals surface area contributed by atoms with E-state index in [1.807, 2.05) is 6.26 Å². The standard InChI is InChI=1S/C9H17NO2S/c1-3-6-10-8(9(11)12)5-4-7-13-2/h3,8,10H,1,4-7H2,2H3,(H,11,12). The first-order valence-corrected chi connectivity index (χ1v) is 5.67. The lowest BCUT2D eigenvalue weighted by atomic mass is 10.2. The molecule has 0 saturated carbocycles. The number of carboxylic acids is 1. The molecule has 3 nitrogen and oxygen atoms in total. The van der Waals surface area contributed by atoms with Crippen LogP contribution in [0.1, 0.15) is 12.8 Å². The van der Waals surface area contributed by atoms with E-state index in [0.717, 1.165) is 12.2 Å². The maximum atomic E-state index is 10.7. The third kappa shape index (κ3) is 6.66. The molecule has 0 heterocycles. The van der Waals surface area contributed by atoms with Gasteiger partial charge in [-0.1, -0.05) is 6.08 Å². The van der Waals surface area contributed by atoms with E-state index in [9.17, 15) is 4.79 Å². The second kappa shape index (κ2) is 8.13. The van der Waals surface area contributed by atoms with Crippen molar-refractivity contribution in [2.75, 3.05) is 18.6 Å². The zero-order valence-corrected chi connectivity index (χ0v) is 8.77. The molecule has 1 atom stereocenters. The Balaban J connectivity index is 3.66. The normalized spacial score (nSPS) is 12.4. The van der Waals surface area contributed by atoms with Gasteiger partial charge in [-0.15, -0.1) is 6.58 Å². The summed E-state index contributed by atoms with van der Waals surface area (Å²) in [6.07, 6.45) is 5.31. The molecule has 0 radical (unpaired) electrons. The van der Waals surface area contributed by atoms with Gasteiger partial charge in [0.15, 0.2) is 0 Å².